The van der Waals surface area contributed by atoms with Gasteiger partial charge in [-0.05, 0) is 45.0 Å². The monoisotopic (exact) mass is 277 g/mol. The third-order valence-electron chi connectivity index (χ3n) is 3.56. The van der Waals surface area contributed by atoms with Crippen LogP contribution in [0, 0.1) is 0 Å². The van der Waals surface area contributed by atoms with Crippen LogP contribution in [0.3, 0.4) is 0 Å². The summed E-state index contributed by atoms with van der Waals surface area (Å²) in [5.41, 5.74) is 6.88. The van der Waals surface area contributed by atoms with Gasteiger partial charge in [0, 0.05) is 24.5 Å². The van der Waals surface area contributed by atoms with Crippen molar-refractivity contribution in [2.24, 2.45) is 0 Å². The van der Waals surface area contributed by atoms with E-state index in [9.17, 15) is 4.79 Å². The smallest absolute Gasteiger partial charge is 0.241 e. The Morgan fingerprint density at radius 1 is 1.40 bits per heavy atom. The van der Waals surface area contributed by atoms with Crippen LogP contribution in [0.4, 0.5) is 11.4 Å². The second-order valence-corrected chi connectivity index (χ2v) is 5.87. The van der Waals surface area contributed by atoms with Crippen molar-refractivity contribution in [1.82, 2.24) is 4.90 Å². The fourth-order valence-corrected chi connectivity index (χ4v) is 2.36. The summed E-state index contributed by atoms with van der Waals surface area (Å²) in [5.74, 6) is -0.00697. The van der Waals surface area contributed by atoms with E-state index in [1.165, 1.54) is 0 Å². The van der Waals surface area contributed by atoms with Crippen molar-refractivity contribution in [3.8, 4) is 0 Å². The van der Waals surface area contributed by atoms with Crippen LogP contribution in [0.25, 0.3) is 0 Å². The molecule has 5 heteroatoms. The number of hydrogen-bond donors (Lipinski definition) is 2. The number of benzene rings is 1. The first kappa shape index (κ1) is 14.8. The van der Waals surface area contributed by atoms with Gasteiger partial charge in [-0.2, -0.15) is 0 Å². The Hall–Kier alpha value is -1.59. The molecule has 1 unspecified atom stereocenters. The van der Waals surface area contributed by atoms with Crippen LogP contribution in [0.5, 0.6) is 0 Å². The molecule has 1 aliphatic heterocycles. The molecule has 0 spiro atoms. The fraction of sp³-hybridized carbons (Fsp3) is 0.533. The largest absolute Gasteiger partial charge is 0.399 e. The Bertz CT molecular complexity index is 471. The topological polar surface area (TPSA) is 67.6 Å². The number of amides is 1. The number of anilines is 2. The van der Waals surface area contributed by atoms with Gasteiger partial charge in [-0.1, -0.05) is 0 Å². The first-order valence-corrected chi connectivity index (χ1v) is 6.92. The van der Waals surface area contributed by atoms with Crippen molar-refractivity contribution >= 4 is 17.3 Å². The molecule has 0 saturated carbocycles. The number of nitrogens with two attached hydrogens (primary N) is 1. The fourth-order valence-electron chi connectivity index (χ4n) is 2.36. The van der Waals surface area contributed by atoms with Crippen molar-refractivity contribution in [3.05, 3.63) is 24.3 Å². The van der Waals surface area contributed by atoms with Crippen LogP contribution < -0.4 is 11.1 Å². The first-order chi connectivity index (χ1) is 9.37. The summed E-state index contributed by atoms with van der Waals surface area (Å²) in [4.78, 5) is 14.4. The molecule has 2 rings (SSSR count). The Balaban J connectivity index is 1.96. The van der Waals surface area contributed by atoms with Crippen molar-refractivity contribution in [1.29, 1.82) is 0 Å². The molecule has 1 fully saturated rings. The average molecular weight is 277 g/mol. The van der Waals surface area contributed by atoms with Crippen LogP contribution >= 0.6 is 0 Å². The Morgan fingerprint density at radius 3 is 2.65 bits per heavy atom. The highest BCUT2D eigenvalue weighted by Crippen LogP contribution is 2.19. The lowest BCUT2D eigenvalue weighted by Gasteiger charge is -2.40. The standard InChI is InChI=1S/C15H23N3O2/c1-11(18-8-9-20-15(2,3)10-18)14(19)17-13-6-4-12(16)5-7-13/h4-7,11H,8-10,16H2,1-3H3,(H,17,19). The molecule has 1 aromatic carbocycles. The molecular weight excluding hydrogens is 254 g/mol. The maximum Gasteiger partial charge on any atom is 0.241 e. The Labute approximate surface area is 120 Å². The predicted molar refractivity (Wildman–Crippen MR) is 80.6 cm³/mol. The number of hydrogen-bond acceptors (Lipinski definition) is 4. The van der Waals surface area contributed by atoms with Crippen molar-refractivity contribution < 1.29 is 9.53 Å². The molecule has 0 bridgehead atoms. The van der Waals surface area contributed by atoms with Gasteiger partial charge in [-0.3, -0.25) is 9.69 Å². The summed E-state index contributed by atoms with van der Waals surface area (Å²) >= 11 is 0. The average Bonchev–Trinajstić information content (AvgIpc) is 2.39. The van der Waals surface area contributed by atoms with E-state index < -0.39 is 0 Å². The van der Waals surface area contributed by atoms with E-state index in [2.05, 4.69) is 10.2 Å². The first-order valence-electron chi connectivity index (χ1n) is 6.92. The van der Waals surface area contributed by atoms with Gasteiger partial charge in [0.05, 0.1) is 18.2 Å². The summed E-state index contributed by atoms with van der Waals surface area (Å²) < 4.78 is 5.67. The Kier molecular flexibility index (Phi) is 4.30. The minimum Gasteiger partial charge on any atom is -0.399 e. The highest BCUT2D eigenvalue weighted by atomic mass is 16.5. The van der Waals surface area contributed by atoms with Gasteiger partial charge >= 0.3 is 0 Å². The van der Waals surface area contributed by atoms with Gasteiger partial charge in [0.2, 0.25) is 5.91 Å². The zero-order chi connectivity index (χ0) is 14.8. The number of nitrogen functional groups attached to an aromatic ring is 1. The summed E-state index contributed by atoms with van der Waals surface area (Å²) in [6.45, 7) is 8.21. The van der Waals surface area contributed by atoms with E-state index in [-0.39, 0.29) is 17.6 Å². The van der Waals surface area contributed by atoms with E-state index in [0.717, 1.165) is 18.8 Å². The maximum atomic E-state index is 12.3. The maximum absolute atomic E-state index is 12.3. The molecular formula is C15H23N3O2. The molecule has 1 atom stereocenters. The third kappa shape index (κ3) is 3.71. The van der Waals surface area contributed by atoms with E-state index in [1.54, 1.807) is 12.1 Å². The van der Waals surface area contributed by atoms with Gasteiger partial charge in [0.25, 0.3) is 0 Å². The predicted octanol–water partition coefficient (Wildman–Crippen LogP) is 1.71. The van der Waals surface area contributed by atoms with Gasteiger partial charge in [0.15, 0.2) is 0 Å². The summed E-state index contributed by atoms with van der Waals surface area (Å²) in [7, 11) is 0. The molecule has 0 aliphatic carbocycles. The van der Waals surface area contributed by atoms with Gasteiger partial charge in [-0.15, -0.1) is 0 Å². The molecule has 1 aliphatic rings. The molecule has 20 heavy (non-hydrogen) atoms. The lowest BCUT2D eigenvalue weighted by atomic mass is 10.1. The number of rotatable bonds is 3. The van der Waals surface area contributed by atoms with E-state index in [0.29, 0.717) is 12.3 Å². The zero-order valence-corrected chi connectivity index (χ0v) is 12.3. The van der Waals surface area contributed by atoms with E-state index in [4.69, 9.17) is 10.5 Å². The third-order valence-corrected chi connectivity index (χ3v) is 3.56. The summed E-state index contributed by atoms with van der Waals surface area (Å²) in [6, 6.07) is 6.98. The number of morpholine rings is 1. The second kappa shape index (κ2) is 5.81. The lowest BCUT2D eigenvalue weighted by Crippen LogP contribution is -2.54. The minimum absolute atomic E-state index is 0.00697. The SMILES string of the molecule is CC(C(=O)Nc1ccc(N)cc1)N1CCOC(C)(C)C1. The number of carbonyl (C=O) groups is 1. The molecule has 1 heterocycles. The number of carbonyl (C=O) groups excluding carboxylic acids is 1. The molecule has 1 aromatic rings. The van der Waals surface area contributed by atoms with E-state index >= 15 is 0 Å². The van der Waals surface area contributed by atoms with Crippen molar-refractivity contribution in [3.63, 3.8) is 0 Å². The van der Waals surface area contributed by atoms with Crippen LogP contribution in [-0.2, 0) is 9.53 Å². The lowest BCUT2D eigenvalue weighted by molar-refractivity contribution is -0.129. The summed E-state index contributed by atoms with van der Waals surface area (Å²) in [5, 5.41) is 2.92. The quantitative estimate of drug-likeness (QED) is 0.825. The molecule has 5 nitrogen and oxygen atoms in total. The highest BCUT2D eigenvalue weighted by Gasteiger charge is 2.32. The zero-order valence-electron chi connectivity index (χ0n) is 12.3. The molecule has 0 radical (unpaired) electrons. The van der Waals surface area contributed by atoms with Crippen molar-refractivity contribution in [2.45, 2.75) is 32.4 Å². The van der Waals surface area contributed by atoms with Crippen LogP contribution in [0.15, 0.2) is 24.3 Å². The number of nitrogens with zero attached hydrogens (tertiary/aromatic N) is 1. The van der Waals surface area contributed by atoms with Gasteiger partial charge < -0.3 is 15.8 Å². The van der Waals surface area contributed by atoms with Gasteiger partial charge in [0.1, 0.15) is 0 Å². The molecule has 1 saturated heterocycles. The normalized spacial score (nSPS) is 20.4. The van der Waals surface area contributed by atoms with Crippen LogP contribution in [0.2, 0.25) is 0 Å². The second-order valence-electron chi connectivity index (χ2n) is 5.87. The molecule has 3 N–H and O–H groups in total. The molecule has 1 amide bonds. The molecule has 0 aromatic heterocycles. The van der Waals surface area contributed by atoms with Gasteiger partial charge in [-0.25, -0.2) is 0 Å². The van der Waals surface area contributed by atoms with E-state index in [1.807, 2.05) is 32.9 Å². The Morgan fingerprint density at radius 2 is 2.05 bits per heavy atom. The highest BCUT2D eigenvalue weighted by molar-refractivity contribution is 5.94. The van der Waals surface area contributed by atoms with Crippen molar-refractivity contribution in [2.75, 3.05) is 30.7 Å². The number of nitrogens with one attached hydrogen (secondary N) is 1. The van der Waals surface area contributed by atoms with Crippen LogP contribution in [0.1, 0.15) is 20.8 Å². The number of ether oxygens (including phenoxy) is 1. The minimum atomic E-state index is -0.200. The van der Waals surface area contributed by atoms with Crippen LogP contribution in [-0.4, -0.2) is 42.1 Å². The summed E-state index contributed by atoms with van der Waals surface area (Å²) in [6.07, 6.45) is 0. The molecule has 110 valence electrons.